The molecule has 0 saturated carbocycles. The van der Waals surface area contributed by atoms with Gasteiger partial charge in [-0.25, -0.2) is 0 Å². The van der Waals surface area contributed by atoms with E-state index in [9.17, 15) is 0 Å². The number of hydrogen-bond acceptors (Lipinski definition) is 2. The Labute approximate surface area is 131 Å². The van der Waals surface area contributed by atoms with Crippen LogP contribution in [0.25, 0.3) is 0 Å². The number of rotatable bonds is 3. The molecule has 1 N–H and O–H groups in total. The zero-order valence-corrected chi connectivity index (χ0v) is 13.7. The molecule has 2 rings (SSSR count). The van der Waals surface area contributed by atoms with E-state index < -0.39 is 0 Å². The van der Waals surface area contributed by atoms with Crippen molar-refractivity contribution in [2.24, 2.45) is 5.10 Å². The first-order chi connectivity index (χ1) is 9.86. The summed E-state index contributed by atoms with van der Waals surface area (Å²) in [5, 5.41) is 4.98. The van der Waals surface area contributed by atoms with Gasteiger partial charge >= 0.3 is 0 Å². The molecule has 0 radical (unpaired) electrons. The maximum absolute atomic E-state index is 6.08. The number of aryl methyl sites for hydroxylation is 1. The van der Waals surface area contributed by atoms with Gasteiger partial charge in [0, 0.05) is 5.02 Å². The minimum absolute atomic E-state index is 0.173. The zero-order valence-electron chi connectivity index (χ0n) is 12.9. The van der Waals surface area contributed by atoms with Crippen LogP contribution in [0.2, 0.25) is 5.02 Å². The summed E-state index contributed by atoms with van der Waals surface area (Å²) in [6.07, 6.45) is 1.81. The summed E-state index contributed by atoms with van der Waals surface area (Å²) in [5.41, 5.74) is 7.49. The van der Waals surface area contributed by atoms with Crippen LogP contribution < -0.4 is 5.43 Å². The predicted octanol–water partition coefficient (Wildman–Crippen LogP) is 5.39. The smallest absolute Gasteiger partial charge is 0.0576 e. The third-order valence-corrected chi connectivity index (χ3v) is 3.76. The van der Waals surface area contributed by atoms with Crippen molar-refractivity contribution >= 4 is 23.5 Å². The van der Waals surface area contributed by atoms with Crippen molar-refractivity contribution in [1.29, 1.82) is 0 Å². The van der Waals surface area contributed by atoms with Crippen LogP contribution in [0.5, 0.6) is 0 Å². The maximum atomic E-state index is 6.08. The van der Waals surface area contributed by atoms with E-state index in [0.29, 0.717) is 0 Å². The molecule has 0 heterocycles. The summed E-state index contributed by atoms with van der Waals surface area (Å²) in [7, 11) is 0. The van der Waals surface area contributed by atoms with Gasteiger partial charge in [0.15, 0.2) is 0 Å². The molecule has 0 atom stereocenters. The van der Waals surface area contributed by atoms with Crippen molar-refractivity contribution in [3.8, 4) is 0 Å². The summed E-state index contributed by atoms with van der Waals surface area (Å²) >= 11 is 6.08. The molecule has 0 amide bonds. The van der Waals surface area contributed by atoms with Crippen molar-refractivity contribution < 1.29 is 0 Å². The van der Waals surface area contributed by atoms with Crippen molar-refractivity contribution in [3.05, 3.63) is 64.2 Å². The first kappa shape index (κ1) is 15.6. The molecule has 0 fully saturated rings. The van der Waals surface area contributed by atoms with Gasteiger partial charge in [0.1, 0.15) is 0 Å². The zero-order chi connectivity index (χ0) is 15.5. The van der Waals surface area contributed by atoms with Crippen LogP contribution in [0, 0.1) is 6.92 Å². The minimum atomic E-state index is 0.173. The van der Waals surface area contributed by atoms with E-state index >= 15 is 0 Å². The van der Waals surface area contributed by atoms with Crippen LogP contribution >= 0.6 is 11.6 Å². The van der Waals surface area contributed by atoms with Gasteiger partial charge in [-0.15, -0.1) is 0 Å². The summed E-state index contributed by atoms with van der Waals surface area (Å²) < 4.78 is 0. The first-order valence-corrected chi connectivity index (χ1v) is 7.40. The third-order valence-electron chi connectivity index (χ3n) is 3.36. The lowest BCUT2D eigenvalue weighted by molar-refractivity contribution is 0.590. The molecule has 0 aliphatic carbocycles. The van der Waals surface area contributed by atoms with E-state index in [-0.39, 0.29) is 5.41 Å². The van der Waals surface area contributed by atoms with Crippen LogP contribution in [0.15, 0.2) is 47.6 Å². The highest BCUT2D eigenvalue weighted by Gasteiger charge is 2.12. The highest BCUT2D eigenvalue weighted by molar-refractivity contribution is 6.31. The number of benzene rings is 2. The van der Waals surface area contributed by atoms with Gasteiger partial charge in [-0.1, -0.05) is 62.7 Å². The Bertz CT molecular complexity index is 637. The Kier molecular flexibility index (Phi) is 4.69. The highest BCUT2D eigenvalue weighted by Crippen LogP contribution is 2.22. The second kappa shape index (κ2) is 6.31. The summed E-state index contributed by atoms with van der Waals surface area (Å²) in [6.45, 7) is 8.60. The first-order valence-electron chi connectivity index (χ1n) is 7.02. The summed E-state index contributed by atoms with van der Waals surface area (Å²) in [5.74, 6) is 0. The topological polar surface area (TPSA) is 24.4 Å². The molecule has 0 aliphatic rings. The normalized spacial score (nSPS) is 11.9. The summed E-state index contributed by atoms with van der Waals surface area (Å²) in [6, 6.07) is 14.2. The van der Waals surface area contributed by atoms with Crippen molar-refractivity contribution in [1.82, 2.24) is 0 Å². The average molecular weight is 301 g/mol. The average Bonchev–Trinajstić information content (AvgIpc) is 2.42. The van der Waals surface area contributed by atoms with E-state index in [4.69, 9.17) is 11.6 Å². The van der Waals surface area contributed by atoms with E-state index in [0.717, 1.165) is 21.8 Å². The Balaban J connectivity index is 2.02. The number of anilines is 1. The van der Waals surface area contributed by atoms with E-state index in [1.807, 2.05) is 25.1 Å². The van der Waals surface area contributed by atoms with Gasteiger partial charge in [-0.2, -0.15) is 5.10 Å². The molecular weight excluding hydrogens is 280 g/mol. The lowest BCUT2D eigenvalue weighted by Crippen LogP contribution is -2.10. The standard InChI is InChI=1S/C18H21ClN2/c1-13-5-10-16(11-17(13)19)21-20-12-14-6-8-15(9-7-14)18(2,3)4/h5-12,21H,1-4H3/b20-12+. The van der Waals surface area contributed by atoms with Crippen LogP contribution in [-0.4, -0.2) is 6.21 Å². The van der Waals surface area contributed by atoms with Gasteiger partial charge in [-0.05, 0) is 41.2 Å². The van der Waals surface area contributed by atoms with Gasteiger partial charge in [0.2, 0.25) is 0 Å². The molecule has 110 valence electrons. The molecule has 0 saturated heterocycles. The number of hydrazone groups is 1. The maximum Gasteiger partial charge on any atom is 0.0576 e. The second-order valence-electron chi connectivity index (χ2n) is 6.21. The Morgan fingerprint density at radius 2 is 1.71 bits per heavy atom. The molecular formula is C18H21ClN2. The number of hydrogen-bond donors (Lipinski definition) is 1. The van der Waals surface area contributed by atoms with Crippen molar-refractivity contribution in [3.63, 3.8) is 0 Å². The minimum Gasteiger partial charge on any atom is -0.278 e. The molecule has 0 aromatic heterocycles. The molecule has 0 unspecified atom stereocenters. The molecule has 0 aliphatic heterocycles. The van der Waals surface area contributed by atoms with Crippen LogP contribution in [0.4, 0.5) is 5.69 Å². The number of nitrogens with one attached hydrogen (secondary N) is 1. The molecule has 3 heteroatoms. The SMILES string of the molecule is Cc1ccc(N/N=C/c2ccc(C(C)(C)C)cc2)cc1Cl. The monoisotopic (exact) mass is 300 g/mol. The Morgan fingerprint density at radius 1 is 1.05 bits per heavy atom. The van der Waals surface area contributed by atoms with Crippen molar-refractivity contribution in [2.75, 3.05) is 5.43 Å². The van der Waals surface area contributed by atoms with Crippen molar-refractivity contribution in [2.45, 2.75) is 33.1 Å². The Hall–Kier alpha value is -1.80. The van der Waals surface area contributed by atoms with E-state index in [1.165, 1.54) is 5.56 Å². The highest BCUT2D eigenvalue weighted by atomic mass is 35.5. The predicted molar refractivity (Wildman–Crippen MR) is 92.5 cm³/mol. The quantitative estimate of drug-likeness (QED) is 0.596. The molecule has 0 spiro atoms. The summed E-state index contributed by atoms with van der Waals surface area (Å²) in [4.78, 5) is 0. The fourth-order valence-electron chi connectivity index (χ4n) is 1.91. The molecule has 2 nitrogen and oxygen atoms in total. The molecule has 21 heavy (non-hydrogen) atoms. The van der Waals surface area contributed by atoms with E-state index in [2.05, 4.69) is 55.6 Å². The van der Waals surface area contributed by atoms with Crippen LogP contribution in [0.1, 0.15) is 37.5 Å². The number of halogens is 1. The molecule has 2 aromatic carbocycles. The molecule has 0 bridgehead atoms. The van der Waals surface area contributed by atoms with Crippen LogP contribution in [-0.2, 0) is 5.41 Å². The van der Waals surface area contributed by atoms with Gasteiger partial charge < -0.3 is 0 Å². The lowest BCUT2D eigenvalue weighted by Gasteiger charge is -2.18. The second-order valence-corrected chi connectivity index (χ2v) is 6.61. The van der Waals surface area contributed by atoms with Gasteiger partial charge in [0.25, 0.3) is 0 Å². The largest absolute Gasteiger partial charge is 0.278 e. The van der Waals surface area contributed by atoms with Crippen LogP contribution in [0.3, 0.4) is 0 Å². The van der Waals surface area contributed by atoms with E-state index in [1.54, 1.807) is 6.21 Å². The Morgan fingerprint density at radius 3 is 2.29 bits per heavy atom. The third kappa shape index (κ3) is 4.33. The molecule has 2 aromatic rings. The fraction of sp³-hybridized carbons (Fsp3) is 0.278. The lowest BCUT2D eigenvalue weighted by atomic mass is 9.87. The number of nitrogens with zero attached hydrogens (tertiary/aromatic N) is 1. The van der Waals surface area contributed by atoms with Gasteiger partial charge in [-0.3, -0.25) is 5.43 Å². The fourth-order valence-corrected chi connectivity index (χ4v) is 2.09. The van der Waals surface area contributed by atoms with Gasteiger partial charge in [0.05, 0.1) is 11.9 Å².